The van der Waals surface area contributed by atoms with Gasteiger partial charge in [0.2, 0.25) is 0 Å². The van der Waals surface area contributed by atoms with Crippen LogP contribution in [0.15, 0.2) is 0 Å². The maximum Gasteiger partial charge on any atom is 0.0308 e. The number of hydrogen-bond donors (Lipinski definition) is 1. The highest BCUT2D eigenvalue weighted by Crippen LogP contribution is 2.39. The summed E-state index contributed by atoms with van der Waals surface area (Å²) in [6.07, 6.45) is 12.8. The molecule has 2 nitrogen and oxygen atoms in total. The summed E-state index contributed by atoms with van der Waals surface area (Å²) in [5.74, 6) is 1.80. The molecule has 1 heterocycles. The molecule has 21 heavy (non-hydrogen) atoms. The second kappa shape index (κ2) is 7.97. The van der Waals surface area contributed by atoms with E-state index >= 15 is 0 Å². The van der Waals surface area contributed by atoms with Crippen LogP contribution in [0.25, 0.3) is 0 Å². The average molecular weight is 295 g/mol. The van der Waals surface area contributed by atoms with Crippen molar-refractivity contribution in [3.05, 3.63) is 0 Å². The van der Waals surface area contributed by atoms with Gasteiger partial charge in [0.15, 0.2) is 0 Å². The first-order chi connectivity index (χ1) is 10.1. The van der Waals surface area contributed by atoms with Crippen LogP contribution in [0, 0.1) is 11.8 Å². The molecule has 2 aliphatic rings. The molecule has 3 unspecified atom stereocenters. The molecule has 0 amide bonds. The molecule has 3 atom stereocenters. The topological polar surface area (TPSA) is 15.3 Å². The smallest absolute Gasteiger partial charge is 0.0308 e. The number of nitrogens with one attached hydrogen (secondary N) is 1. The molecule has 0 radical (unpaired) electrons. The van der Waals surface area contributed by atoms with E-state index in [-0.39, 0.29) is 5.54 Å². The van der Waals surface area contributed by atoms with Gasteiger partial charge in [0, 0.05) is 11.6 Å². The van der Waals surface area contributed by atoms with Crippen molar-refractivity contribution >= 4 is 0 Å². The molecule has 124 valence electrons. The van der Waals surface area contributed by atoms with Crippen molar-refractivity contribution in [3.8, 4) is 0 Å². The van der Waals surface area contributed by atoms with Gasteiger partial charge < -0.3 is 5.32 Å². The van der Waals surface area contributed by atoms with E-state index in [4.69, 9.17) is 0 Å². The molecule has 0 aromatic heterocycles. The van der Waals surface area contributed by atoms with E-state index < -0.39 is 0 Å². The van der Waals surface area contributed by atoms with Crippen LogP contribution in [0.1, 0.15) is 78.6 Å². The predicted molar refractivity (Wildman–Crippen MR) is 92.7 cm³/mol. The van der Waals surface area contributed by atoms with Crippen molar-refractivity contribution in [1.82, 2.24) is 10.2 Å². The molecule has 0 spiro atoms. The number of likely N-dealkylation sites (tertiary alicyclic amines) is 1. The van der Waals surface area contributed by atoms with E-state index in [1.165, 1.54) is 70.9 Å². The van der Waals surface area contributed by atoms with Gasteiger partial charge in [-0.05, 0) is 65.1 Å². The normalized spacial score (nSPS) is 30.9. The summed E-state index contributed by atoms with van der Waals surface area (Å²) in [6, 6.07) is 0.640. The fraction of sp³-hybridized carbons (Fsp3) is 1.00. The van der Waals surface area contributed by atoms with Gasteiger partial charge in [-0.2, -0.15) is 0 Å². The average Bonchev–Trinajstić information content (AvgIpc) is 2.78. The third-order valence-corrected chi connectivity index (χ3v) is 6.41. The number of hydrogen-bond acceptors (Lipinski definition) is 2. The SMILES string of the molecule is CCC1CCCCC1C(NC)C(C)(C)N1CCCCCC1. The van der Waals surface area contributed by atoms with Gasteiger partial charge >= 0.3 is 0 Å². The Kier molecular flexibility index (Phi) is 6.55. The fourth-order valence-electron chi connectivity index (χ4n) is 5.12. The maximum atomic E-state index is 3.75. The Bertz CT molecular complexity index is 292. The Balaban J connectivity index is 2.12. The van der Waals surface area contributed by atoms with Crippen molar-refractivity contribution in [2.45, 2.75) is 90.1 Å². The van der Waals surface area contributed by atoms with Crippen LogP contribution in [-0.2, 0) is 0 Å². The molecule has 1 aliphatic heterocycles. The Hall–Kier alpha value is -0.0800. The Morgan fingerprint density at radius 3 is 2.19 bits per heavy atom. The molecule has 2 rings (SSSR count). The molecule has 2 heteroatoms. The van der Waals surface area contributed by atoms with Gasteiger partial charge in [0.25, 0.3) is 0 Å². The first-order valence-corrected chi connectivity index (χ1v) is 9.53. The van der Waals surface area contributed by atoms with Crippen molar-refractivity contribution in [1.29, 1.82) is 0 Å². The molecule has 2 fully saturated rings. The minimum Gasteiger partial charge on any atom is -0.315 e. The van der Waals surface area contributed by atoms with Crippen LogP contribution in [-0.4, -0.2) is 36.6 Å². The van der Waals surface area contributed by atoms with Crippen LogP contribution in [0.4, 0.5) is 0 Å². The van der Waals surface area contributed by atoms with Crippen molar-refractivity contribution in [3.63, 3.8) is 0 Å². The van der Waals surface area contributed by atoms with E-state index in [1.807, 2.05) is 0 Å². The maximum absolute atomic E-state index is 3.75. The number of nitrogens with zero attached hydrogens (tertiary/aromatic N) is 1. The second-order valence-corrected chi connectivity index (χ2v) is 7.94. The van der Waals surface area contributed by atoms with E-state index in [0.717, 1.165) is 11.8 Å². The lowest BCUT2D eigenvalue weighted by Gasteiger charge is -2.50. The largest absolute Gasteiger partial charge is 0.315 e. The molecular weight excluding hydrogens is 256 g/mol. The lowest BCUT2D eigenvalue weighted by Crippen LogP contribution is -2.61. The van der Waals surface area contributed by atoms with Crippen LogP contribution in [0.5, 0.6) is 0 Å². The Morgan fingerprint density at radius 2 is 1.62 bits per heavy atom. The first-order valence-electron chi connectivity index (χ1n) is 9.53. The summed E-state index contributed by atoms with van der Waals surface area (Å²) in [7, 11) is 2.20. The summed E-state index contributed by atoms with van der Waals surface area (Å²) in [4.78, 5) is 2.79. The van der Waals surface area contributed by atoms with Crippen LogP contribution < -0.4 is 5.32 Å². The summed E-state index contributed by atoms with van der Waals surface area (Å²) in [5, 5.41) is 3.75. The van der Waals surface area contributed by atoms with Gasteiger partial charge in [-0.25, -0.2) is 0 Å². The Morgan fingerprint density at radius 1 is 1.00 bits per heavy atom. The summed E-state index contributed by atoms with van der Waals surface area (Å²) in [5.41, 5.74) is 0.286. The highest BCUT2D eigenvalue weighted by Gasteiger charge is 2.42. The van der Waals surface area contributed by atoms with Crippen molar-refractivity contribution < 1.29 is 0 Å². The minimum absolute atomic E-state index is 0.286. The quantitative estimate of drug-likeness (QED) is 0.806. The van der Waals surface area contributed by atoms with Gasteiger partial charge in [0.05, 0.1) is 0 Å². The molecular formula is C19H38N2. The molecule has 1 aliphatic carbocycles. The van der Waals surface area contributed by atoms with Gasteiger partial charge in [0.1, 0.15) is 0 Å². The second-order valence-electron chi connectivity index (χ2n) is 7.94. The molecule has 0 bridgehead atoms. The molecule has 0 aromatic carbocycles. The van der Waals surface area contributed by atoms with Gasteiger partial charge in [-0.1, -0.05) is 45.4 Å². The third-order valence-electron chi connectivity index (χ3n) is 6.41. The van der Waals surface area contributed by atoms with Crippen LogP contribution >= 0.6 is 0 Å². The Labute approximate surface area is 133 Å². The highest BCUT2D eigenvalue weighted by atomic mass is 15.2. The summed E-state index contributed by atoms with van der Waals surface area (Å²) >= 11 is 0. The lowest BCUT2D eigenvalue weighted by atomic mass is 9.69. The lowest BCUT2D eigenvalue weighted by molar-refractivity contribution is 0.0327. The zero-order valence-corrected chi connectivity index (χ0v) is 15.0. The highest BCUT2D eigenvalue weighted by molar-refractivity contribution is 4.99. The standard InChI is InChI=1S/C19H38N2/c1-5-16-12-8-9-13-17(16)18(20-4)19(2,3)21-14-10-6-7-11-15-21/h16-18,20H,5-15H2,1-4H3. The van der Waals surface area contributed by atoms with E-state index in [2.05, 4.69) is 38.0 Å². The van der Waals surface area contributed by atoms with Gasteiger partial charge in [-0.15, -0.1) is 0 Å². The zero-order chi connectivity index (χ0) is 15.3. The van der Waals surface area contributed by atoms with Crippen molar-refractivity contribution in [2.75, 3.05) is 20.1 Å². The molecule has 1 saturated carbocycles. The predicted octanol–water partition coefficient (Wildman–Crippen LogP) is 4.45. The van der Waals surface area contributed by atoms with E-state index in [9.17, 15) is 0 Å². The zero-order valence-electron chi connectivity index (χ0n) is 15.0. The first kappa shape index (κ1) is 17.3. The summed E-state index contributed by atoms with van der Waals surface area (Å²) in [6.45, 7) is 10.00. The summed E-state index contributed by atoms with van der Waals surface area (Å²) < 4.78 is 0. The monoisotopic (exact) mass is 294 g/mol. The van der Waals surface area contributed by atoms with E-state index in [1.54, 1.807) is 0 Å². The molecule has 1 N–H and O–H groups in total. The number of likely N-dealkylation sites (N-methyl/N-ethyl adjacent to an activating group) is 1. The fourth-order valence-corrected chi connectivity index (χ4v) is 5.12. The van der Waals surface area contributed by atoms with E-state index in [0.29, 0.717) is 6.04 Å². The molecule has 1 saturated heterocycles. The van der Waals surface area contributed by atoms with Crippen LogP contribution in [0.2, 0.25) is 0 Å². The minimum atomic E-state index is 0.286. The third kappa shape index (κ3) is 4.01. The van der Waals surface area contributed by atoms with Crippen LogP contribution in [0.3, 0.4) is 0 Å². The van der Waals surface area contributed by atoms with Crippen molar-refractivity contribution in [2.24, 2.45) is 11.8 Å². The molecule has 0 aromatic rings. The number of rotatable bonds is 5. The van der Waals surface area contributed by atoms with Gasteiger partial charge in [-0.3, -0.25) is 4.90 Å².